The fourth-order valence-corrected chi connectivity index (χ4v) is 2.44. The van der Waals surface area contributed by atoms with Crippen molar-refractivity contribution in [2.75, 3.05) is 44.7 Å². The number of nitrogens with zero attached hydrogens (tertiary/aromatic N) is 3. The van der Waals surface area contributed by atoms with Gasteiger partial charge in [0.2, 0.25) is 0 Å². The van der Waals surface area contributed by atoms with Crippen LogP contribution >= 0.6 is 0 Å². The normalized spacial score (nSPS) is 15.8. The lowest BCUT2D eigenvalue weighted by Gasteiger charge is -2.35. The molecule has 21 heavy (non-hydrogen) atoms. The molecule has 0 bridgehead atoms. The Morgan fingerprint density at radius 3 is 2.57 bits per heavy atom. The molecule has 1 fully saturated rings. The fraction of sp³-hybridized carbons (Fsp3) is 0.500. The van der Waals surface area contributed by atoms with E-state index in [1.165, 1.54) is 7.11 Å². The molecule has 1 aliphatic heterocycles. The Kier molecular flexibility index (Phi) is 4.74. The van der Waals surface area contributed by atoms with Gasteiger partial charge in [0.15, 0.2) is 0 Å². The Morgan fingerprint density at radius 2 is 2.00 bits per heavy atom. The second kappa shape index (κ2) is 6.53. The molecule has 2 rings (SSSR count). The first-order valence-corrected chi connectivity index (χ1v) is 6.80. The number of carbonyl (C=O) groups excluding carboxylic acids is 1. The number of nitro benzene ring substituents is 1. The van der Waals surface area contributed by atoms with Crippen LogP contribution in [0.5, 0.6) is 0 Å². The van der Waals surface area contributed by atoms with Crippen molar-refractivity contribution in [1.82, 2.24) is 4.90 Å². The number of ether oxygens (including phenoxy) is 1. The van der Waals surface area contributed by atoms with Crippen molar-refractivity contribution in [2.24, 2.45) is 0 Å². The van der Waals surface area contributed by atoms with Crippen LogP contribution in [0.1, 0.15) is 5.56 Å². The average Bonchev–Trinajstić information content (AvgIpc) is 2.48. The van der Waals surface area contributed by atoms with E-state index in [9.17, 15) is 14.9 Å². The Balaban J connectivity index is 2.05. The van der Waals surface area contributed by atoms with E-state index in [2.05, 4.69) is 4.74 Å². The topological polar surface area (TPSA) is 75.9 Å². The van der Waals surface area contributed by atoms with E-state index >= 15 is 0 Å². The van der Waals surface area contributed by atoms with Crippen molar-refractivity contribution in [3.05, 3.63) is 33.9 Å². The largest absolute Gasteiger partial charge is 0.468 e. The van der Waals surface area contributed by atoms with E-state index in [0.717, 1.165) is 5.56 Å². The number of aryl methyl sites for hydroxylation is 1. The molecule has 0 radical (unpaired) electrons. The van der Waals surface area contributed by atoms with Crippen LogP contribution in [0.15, 0.2) is 18.2 Å². The number of piperazine rings is 1. The van der Waals surface area contributed by atoms with E-state index < -0.39 is 0 Å². The fourth-order valence-electron chi connectivity index (χ4n) is 2.44. The number of nitro groups is 1. The minimum atomic E-state index is -0.344. The standard InChI is InChI=1S/C14H19N3O4/c1-11-3-4-12(13(9-11)17(19)20)16-7-5-15(6-8-16)10-14(18)21-2/h3-4,9H,5-8,10H2,1-2H3. The number of rotatable bonds is 4. The monoisotopic (exact) mass is 293 g/mol. The van der Waals surface area contributed by atoms with Crippen LogP contribution in [-0.2, 0) is 9.53 Å². The lowest BCUT2D eigenvalue weighted by atomic mass is 10.1. The van der Waals surface area contributed by atoms with Crippen molar-refractivity contribution in [3.8, 4) is 0 Å². The summed E-state index contributed by atoms with van der Waals surface area (Å²) < 4.78 is 4.64. The van der Waals surface area contributed by atoms with Crippen LogP contribution in [0.4, 0.5) is 11.4 Å². The van der Waals surface area contributed by atoms with Crippen LogP contribution in [0.3, 0.4) is 0 Å². The maximum absolute atomic E-state index is 11.2. The predicted molar refractivity (Wildman–Crippen MR) is 78.5 cm³/mol. The predicted octanol–water partition coefficient (Wildman–Crippen LogP) is 1.20. The molecule has 1 aliphatic rings. The van der Waals surface area contributed by atoms with Crippen LogP contribution in [0, 0.1) is 17.0 Å². The molecule has 1 aromatic carbocycles. The maximum atomic E-state index is 11.2. The van der Waals surface area contributed by atoms with E-state index in [-0.39, 0.29) is 23.1 Å². The summed E-state index contributed by atoms with van der Waals surface area (Å²) in [5.74, 6) is -0.259. The summed E-state index contributed by atoms with van der Waals surface area (Å²) in [5, 5.41) is 11.2. The Bertz CT molecular complexity index is 539. The molecule has 0 amide bonds. The van der Waals surface area contributed by atoms with Crippen molar-refractivity contribution >= 4 is 17.3 Å². The molecule has 1 saturated heterocycles. The molecule has 0 saturated carbocycles. The first kappa shape index (κ1) is 15.2. The van der Waals surface area contributed by atoms with Gasteiger partial charge in [-0.3, -0.25) is 19.8 Å². The van der Waals surface area contributed by atoms with Gasteiger partial charge in [-0.05, 0) is 18.6 Å². The van der Waals surface area contributed by atoms with Gasteiger partial charge in [-0.2, -0.15) is 0 Å². The molecule has 0 N–H and O–H groups in total. The van der Waals surface area contributed by atoms with E-state index in [1.807, 2.05) is 22.8 Å². The zero-order valence-corrected chi connectivity index (χ0v) is 12.2. The van der Waals surface area contributed by atoms with E-state index in [1.54, 1.807) is 12.1 Å². The molecule has 1 heterocycles. The molecule has 0 atom stereocenters. The average molecular weight is 293 g/mol. The minimum absolute atomic E-state index is 0.136. The van der Waals surface area contributed by atoms with Crippen LogP contribution < -0.4 is 4.90 Å². The molecule has 1 aromatic rings. The summed E-state index contributed by atoms with van der Waals surface area (Å²) in [6.45, 7) is 4.77. The highest BCUT2D eigenvalue weighted by molar-refractivity contribution is 5.71. The second-order valence-corrected chi connectivity index (χ2v) is 5.09. The summed E-state index contributed by atoms with van der Waals surface area (Å²) in [4.78, 5) is 26.1. The highest BCUT2D eigenvalue weighted by Gasteiger charge is 2.24. The number of benzene rings is 1. The van der Waals surface area contributed by atoms with Gasteiger partial charge in [0.05, 0.1) is 18.6 Å². The Labute approximate surface area is 123 Å². The summed E-state index contributed by atoms with van der Waals surface area (Å²) in [7, 11) is 1.37. The van der Waals surface area contributed by atoms with Crippen molar-refractivity contribution in [2.45, 2.75) is 6.92 Å². The Morgan fingerprint density at radius 1 is 1.33 bits per heavy atom. The molecular weight excluding hydrogens is 274 g/mol. The van der Waals surface area contributed by atoms with Gasteiger partial charge in [0.25, 0.3) is 5.69 Å². The van der Waals surface area contributed by atoms with Gasteiger partial charge in [-0.15, -0.1) is 0 Å². The minimum Gasteiger partial charge on any atom is -0.468 e. The summed E-state index contributed by atoms with van der Waals surface area (Å²) >= 11 is 0. The van der Waals surface area contributed by atoms with Gasteiger partial charge in [0.1, 0.15) is 5.69 Å². The third-order valence-corrected chi connectivity index (χ3v) is 3.62. The SMILES string of the molecule is COC(=O)CN1CCN(c2ccc(C)cc2[N+](=O)[O-])CC1. The lowest BCUT2D eigenvalue weighted by molar-refractivity contribution is -0.384. The zero-order valence-electron chi connectivity index (χ0n) is 12.2. The highest BCUT2D eigenvalue weighted by Crippen LogP contribution is 2.29. The van der Waals surface area contributed by atoms with Gasteiger partial charge < -0.3 is 9.64 Å². The van der Waals surface area contributed by atoms with Crippen LogP contribution in [0.2, 0.25) is 0 Å². The molecule has 0 unspecified atom stereocenters. The summed E-state index contributed by atoms with van der Waals surface area (Å²) in [6, 6.07) is 5.27. The molecule has 0 spiro atoms. The molecule has 7 heteroatoms. The zero-order chi connectivity index (χ0) is 15.4. The first-order valence-electron chi connectivity index (χ1n) is 6.80. The van der Waals surface area contributed by atoms with Gasteiger partial charge in [0, 0.05) is 32.2 Å². The summed E-state index contributed by atoms with van der Waals surface area (Å²) in [5.41, 5.74) is 1.65. The number of esters is 1. The molecule has 0 aliphatic carbocycles. The Hall–Kier alpha value is -2.15. The van der Waals surface area contributed by atoms with Crippen molar-refractivity contribution < 1.29 is 14.5 Å². The van der Waals surface area contributed by atoms with Crippen LogP contribution in [0.25, 0.3) is 0 Å². The molecule has 7 nitrogen and oxygen atoms in total. The van der Waals surface area contributed by atoms with E-state index in [4.69, 9.17) is 0 Å². The number of hydrogen-bond donors (Lipinski definition) is 0. The lowest BCUT2D eigenvalue weighted by Crippen LogP contribution is -2.48. The molecule has 0 aromatic heterocycles. The maximum Gasteiger partial charge on any atom is 0.319 e. The smallest absolute Gasteiger partial charge is 0.319 e. The molecule has 114 valence electrons. The number of hydrogen-bond acceptors (Lipinski definition) is 6. The van der Waals surface area contributed by atoms with Gasteiger partial charge >= 0.3 is 5.97 Å². The third kappa shape index (κ3) is 3.69. The highest BCUT2D eigenvalue weighted by atomic mass is 16.6. The number of carbonyl (C=O) groups is 1. The molecular formula is C14H19N3O4. The van der Waals surface area contributed by atoms with Gasteiger partial charge in [-0.1, -0.05) is 6.07 Å². The van der Waals surface area contributed by atoms with E-state index in [0.29, 0.717) is 31.9 Å². The van der Waals surface area contributed by atoms with Gasteiger partial charge in [-0.25, -0.2) is 0 Å². The number of anilines is 1. The van der Waals surface area contributed by atoms with Crippen LogP contribution in [-0.4, -0.2) is 55.6 Å². The van der Waals surface area contributed by atoms with Crippen molar-refractivity contribution in [3.63, 3.8) is 0 Å². The van der Waals surface area contributed by atoms with Crippen molar-refractivity contribution in [1.29, 1.82) is 0 Å². The quantitative estimate of drug-likeness (QED) is 0.471. The third-order valence-electron chi connectivity index (χ3n) is 3.62. The number of methoxy groups -OCH3 is 1. The second-order valence-electron chi connectivity index (χ2n) is 5.09. The first-order chi connectivity index (χ1) is 10.0. The summed E-state index contributed by atoms with van der Waals surface area (Å²) in [6.07, 6.45) is 0.